The first kappa shape index (κ1) is 15.6. The van der Waals surface area contributed by atoms with Crippen LogP contribution in [0, 0.1) is 0 Å². The molecule has 1 fully saturated rings. The van der Waals surface area contributed by atoms with Gasteiger partial charge >= 0.3 is 6.18 Å². The lowest BCUT2D eigenvalue weighted by Gasteiger charge is -2.31. The first-order valence-electron chi connectivity index (χ1n) is 6.87. The molecule has 4 nitrogen and oxygen atoms in total. The van der Waals surface area contributed by atoms with Crippen LogP contribution in [0.15, 0.2) is 18.2 Å². The van der Waals surface area contributed by atoms with Crippen LogP contribution in [0.2, 0.25) is 0 Å². The zero-order chi connectivity index (χ0) is 15.3. The molecule has 0 saturated carbocycles. The molecule has 1 aliphatic heterocycles. The van der Waals surface area contributed by atoms with Crippen molar-refractivity contribution in [3.05, 3.63) is 23.8 Å². The number of carbonyl (C=O) groups is 1. The number of nitrogens with zero attached hydrogens (tertiary/aromatic N) is 1. The van der Waals surface area contributed by atoms with Gasteiger partial charge in [-0.2, -0.15) is 13.2 Å². The van der Waals surface area contributed by atoms with Crippen molar-refractivity contribution >= 4 is 17.7 Å². The molecule has 2 rings (SSSR count). The third kappa shape index (κ3) is 4.10. The fraction of sp³-hybridized carbons (Fsp3) is 0.500. The SMILES string of the molecule is O=CCCNc1ccc(N2CCNCC2)c(C(F)(F)F)c1. The summed E-state index contributed by atoms with van der Waals surface area (Å²) in [5, 5.41) is 5.95. The third-order valence-electron chi connectivity index (χ3n) is 3.35. The highest BCUT2D eigenvalue weighted by molar-refractivity contribution is 5.63. The summed E-state index contributed by atoms with van der Waals surface area (Å²) < 4.78 is 39.7. The van der Waals surface area contributed by atoms with E-state index in [0.29, 0.717) is 38.4 Å². The number of anilines is 2. The lowest BCUT2D eigenvalue weighted by molar-refractivity contribution is -0.137. The number of rotatable bonds is 5. The van der Waals surface area contributed by atoms with E-state index in [1.165, 1.54) is 6.07 Å². The fourth-order valence-corrected chi connectivity index (χ4v) is 2.33. The third-order valence-corrected chi connectivity index (χ3v) is 3.35. The van der Waals surface area contributed by atoms with Crippen LogP contribution in [-0.2, 0) is 11.0 Å². The van der Waals surface area contributed by atoms with E-state index in [1.807, 2.05) is 0 Å². The quantitative estimate of drug-likeness (QED) is 0.646. The Morgan fingerprint density at radius 1 is 1.29 bits per heavy atom. The summed E-state index contributed by atoms with van der Waals surface area (Å²) in [7, 11) is 0. The second-order valence-corrected chi connectivity index (χ2v) is 4.85. The summed E-state index contributed by atoms with van der Waals surface area (Å²) in [4.78, 5) is 12.0. The number of hydrogen-bond acceptors (Lipinski definition) is 4. The molecule has 0 radical (unpaired) electrons. The maximum atomic E-state index is 13.2. The smallest absolute Gasteiger partial charge is 0.385 e. The van der Waals surface area contributed by atoms with E-state index in [4.69, 9.17) is 0 Å². The van der Waals surface area contributed by atoms with Crippen molar-refractivity contribution in [2.45, 2.75) is 12.6 Å². The molecule has 7 heteroatoms. The summed E-state index contributed by atoms with van der Waals surface area (Å²) in [6, 6.07) is 4.23. The van der Waals surface area contributed by atoms with Crippen LogP contribution in [0.25, 0.3) is 0 Å². The predicted molar refractivity (Wildman–Crippen MR) is 75.7 cm³/mol. The maximum Gasteiger partial charge on any atom is 0.418 e. The van der Waals surface area contributed by atoms with Crippen molar-refractivity contribution in [1.82, 2.24) is 5.32 Å². The number of carbonyl (C=O) groups excluding carboxylic acids is 1. The van der Waals surface area contributed by atoms with Crippen LogP contribution in [0.5, 0.6) is 0 Å². The minimum atomic E-state index is -4.40. The summed E-state index contributed by atoms with van der Waals surface area (Å²) in [5.74, 6) is 0. The van der Waals surface area contributed by atoms with Crippen molar-refractivity contribution in [2.24, 2.45) is 0 Å². The van der Waals surface area contributed by atoms with Crippen molar-refractivity contribution in [3.63, 3.8) is 0 Å². The van der Waals surface area contributed by atoms with Gasteiger partial charge in [-0.05, 0) is 18.2 Å². The Balaban J connectivity index is 2.24. The van der Waals surface area contributed by atoms with E-state index in [0.717, 1.165) is 12.4 Å². The Hall–Kier alpha value is -1.76. The van der Waals surface area contributed by atoms with Gasteiger partial charge in [-0.1, -0.05) is 0 Å². The van der Waals surface area contributed by atoms with Crippen LogP contribution in [0.3, 0.4) is 0 Å². The Morgan fingerprint density at radius 3 is 2.62 bits per heavy atom. The zero-order valence-corrected chi connectivity index (χ0v) is 11.5. The van der Waals surface area contributed by atoms with Crippen molar-refractivity contribution in [3.8, 4) is 0 Å². The molecule has 1 heterocycles. The van der Waals surface area contributed by atoms with Crippen molar-refractivity contribution < 1.29 is 18.0 Å². The van der Waals surface area contributed by atoms with Crippen LogP contribution < -0.4 is 15.5 Å². The van der Waals surface area contributed by atoms with E-state index in [-0.39, 0.29) is 12.1 Å². The lowest BCUT2D eigenvalue weighted by Crippen LogP contribution is -2.44. The number of halogens is 3. The molecule has 1 aliphatic rings. The molecule has 0 aromatic heterocycles. The second-order valence-electron chi connectivity index (χ2n) is 4.85. The molecule has 1 saturated heterocycles. The summed E-state index contributed by atoms with van der Waals surface area (Å²) in [5.41, 5.74) is -0.0477. The molecule has 0 atom stereocenters. The van der Waals surface area contributed by atoms with Crippen LogP contribution in [0.1, 0.15) is 12.0 Å². The standard InChI is InChI=1S/C14H18F3N3O/c15-14(16,17)12-10-11(19-4-1-9-21)2-3-13(12)20-7-5-18-6-8-20/h2-3,9-10,18-19H,1,4-8H2. The van der Waals surface area contributed by atoms with Gasteiger partial charge in [0.05, 0.1) is 5.56 Å². The van der Waals surface area contributed by atoms with Gasteiger partial charge in [0.25, 0.3) is 0 Å². The number of benzene rings is 1. The first-order valence-corrected chi connectivity index (χ1v) is 6.87. The Bertz CT molecular complexity index is 485. The molecular weight excluding hydrogens is 283 g/mol. The minimum Gasteiger partial charge on any atom is -0.385 e. The van der Waals surface area contributed by atoms with Crippen molar-refractivity contribution in [2.75, 3.05) is 42.9 Å². The van der Waals surface area contributed by atoms with Gasteiger partial charge in [-0.25, -0.2) is 0 Å². The minimum absolute atomic E-state index is 0.213. The molecule has 0 bridgehead atoms. The number of piperazine rings is 1. The topological polar surface area (TPSA) is 44.4 Å². The number of hydrogen-bond donors (Lipinski definition) is 2. The molecule has 1 aromatic carbocycles. The first-order chi connectivity index (χ1) is 10.0. The van der Waals surface area contributed by atoms with Gasteiger partial charge < -0.3 is 20.3 Å². The number of aldehydes is 1. The van der Waals surface area contributed by atoms with Crippen LogP contribution in [0.4, 0.5) is 24.5 Å². The monoisotopic (exact) mass is 301 g/mol. The molecular formula is C14H18F3N3O. The summed E-state index contributed by atoms with van der Waals surface area (Å²) in [6.07, 6.45) is -3.41. The average molecular weight is 301 g/mol. The molecule has 0 spiro atoms. The molecule has 0 unspecified atom stereocenters. The highest BCUT2D eigenvalue weighted by Crippen LogP contribution is 2.38. The Labute approximate surface area is 121 Å². The fourth-order valence-electron chi connectivity index (χ4n) is 2.33. The molecule has 21 heavy (non-hydrogen) atoms. The molecule has 116 valence electrons. The van der Waals surface area contributed by atoms with Gasteiger partial charge in [-0.15, -0.1) is 0 Å². The highest BCUT2D eigenvalue weighted by atomic mass is 19.4. The second kappa shape index (κ2) is 6.80. The highest BCUT2D eigenvalue weighted by Gasteiger charge is 2.35. The number of alkyl halides is 3. The summed E-state index contributed by atoms with van der Waals surface area (Å²) >= 11 is 0. The van der Waals surface area contributed by atoms with Gasteiger partial charge in [0.2, 0.25) is 0 Å². The largest absolute Gasteiger partial charge is 0.418 e. The van der Waals surface area contributed by atoms with E-state index >= 15 is 0 Å². The normalized spacial score (nSPS) is 15.9. The van der Waals surface area contributed by atoms with Gasteiger partial charge in [-0.3, -0.25) is 0 Å². The number of nitrogens with one attached hydrogen (secondary N) is 2. The van der Waals surface area contributed by atoms with E-state index in [2.05, 4.69) is 10.6 Å². The lowest BCUT2D eigenvalue weighted by atomic mass is 10.1. The van der Waals surface area contributed by atoms with Gasteiger partial charge in [0, 0.05) is 50.5 Å². The zero-order valence-electron chi connectivity index (χ0n) is 11.5. The van der Waals surface area contributed by atoms with E-state index in [9.17, 15) is 18.0 Å². The Morgan fingerprint density at radius 2 is 2.00 bits per heavy atom. The van der Waals surface area contributed by atoms with Crippen molar-refractivity contribution in [1.29, 1.82) is 0 Å². The van der Waals surface area contributed by atoms with E-state index in [1.54, 1.807) is 11.0 Å². The average Bonchev–Trinajstić information content (AvgIpc) is 2.47. The van der Waals surface area contributed by atoms with E-state index < -0.39 is 11.7 Å². The molecule has 2 N–H and O–H groups in total. The van der Waals surface area contributed by atoms with Gasteiger partial charge in [0.15, 0.2) is 0 Å². The molecule has 0 aliphatic carbocycles. The van der Waals surface area contributed by atoms with Crippen LogP contribution >= 0.6 is 0 Å². The molecule has 0 amide bonds. The maximum absolute atomic E-state index is 13.2. The van der Waals surface area contributed by atoms with Gasteiger partial charge in [0.1, 0.15) is 6.29 Å². The predicted octanol–water partition coefficient (Wildman–Crippen LogP) is 2.12. The molecule has 1 aromatic rings. The van der Waals surface area contributed by atoms with Crippen LogP contribution in [-0.4, -0.2) is 39.0 Å². The summed E-state index contributed by atoms with van der Waals surface area (Å²) in [6.45, 7) is 2.79. The Kier molecular flexibility index (Phi) is 5.06.